The first-order chi connectivity index (χ1) is 35.9. The first kappa shape index (κ1) is 58.6. The molecular weight excluding hydrogens is 953 g/mol. The fourth-order valence-corrected chi connectivity index (χ4v) is 11.9. The highest BCUT2D eigenvalue weighted by atomic mass is 16.7. The third-order valence-electron chi connectivity index (χ3n) is 16.1. The quantitative estimate of drug-likeness (QED) is 0.0948. The number of amides is 6. The molecule has 75 heavy (non-hydrogen) atoms. The molecule has 0 bridgehead atoms. The van der Waals surface area contributed by atoms with Crippen LogP contribution in [0, 0.1) is 23.7 Å². The predicted molar refractivity (Wildman–Crippen MR) is 288 cm³/mol. The summed E-state index contributed by atoms with van der Waals surface area (Å²) < 4.78 is 18.2. The van der Waals surface area contributed by atoms with Crippen molar-refractivity contribution in [3.63, 3.8) is 0 Å². The molecule has 0 saturated carbocycles. The highest BCUT2D eigenvalue weighted by Crippen LogP contribution is 2.44. The van der Waals surface area contributed by atoms with Gasteiger partial charge < -0.3 is 24.4 Å². The van der Waals surface area contributed by atoms with Gasteiger partial charge in [0.2, 0.25) is 23.6 Å². The number of nitrogens with zero attached hydrogens (tertiary/aromatic N) is 4. The number of ether oxygens (including phenoxy) is 3. The zero-order valence-corrected chi connectivity index (χ0v) is 46.5. The lowest BCUT2D eigenvalue weighted by Crippen LogP contribution is -2.60. The van der Waals surface area contributed by atoms with Gasteiger partial charge in [-0.3, -0.25) is 43.9 Å². The van der Waals surface area contributed by atoms with Crippen LogP contribution in [0.3, 0.4) is 0 Å². The SMILES string of the molecule is CC[C@H](C)[C@@H]([C@@H](CC(=O)N1CCC[C@H]1[C@H](OC)[C@@H](C)C(=O)N[C@H](C(=O)N1CCCCO1)[C@@H](C)c1ccccc1)OC)N(C)[C@H](C(=O)NC(=O)[C@H](C(C)C)N(C)C(=O)OCC1c2ccccc2-c2ccccc21)C(C)C. The molecule has 410 valence electrons. The molecule has 3 aromatic carbocycles. The van der Waals surface area contributed by atoms with Crippen LogP contribution < -0.4 is 10.6 Å². The number of hydrogen-bond donors (Lipinski definition) is 2. The summed E-state index contributed by atoms with van der Waals surface area (Å²) in [7, 11) is 6.46. The third kappa shape index (κ3) is 13.5. The zero-order chi connectivity index (χ0) is 54.7. The molecule has 16 nitrogen and oxygen atoms in total. The summed E-state index contributed by atoms with van der Waals surface area (Å²) in [6.45, 7) is 16.7. The highest BCUT2D eigenvalue weighted by Gasteiger charge is 2.45. The van der Waals surface area contributed by atoms with Crippen molar-refractivity contribution in [1.82, 2.24) is 30.4 Å². The molecular formula is C59H84N6O10. The second-order valence-corrected chi connectivity index (χ2v) is 21.6. The number of methoxy groups -OCH3 is 2. The number of hydrogen-bond acceptors (Lipinski definition) is 11. The van der Waals surface area contributed by atoms with Gasteiger partial charge in [0.15, 0.2) is 0 Å². The summed E-state index contributed by atoms with van der Waals surface area (Å²) >= 11 is 0. The van der Waals surface area contributed by atoms with Crippen LogP contribution in [0.2, 0.25) is 0 Å². The van der Waals surface area contributed by atoms with Gasteiger partial charge in [-0.05, 0) is 78.3 Å². The zero-order valence-electron chi connectivity index (χ0n) is 46.5. The van der Waals surface area contributed by atoms with Gasteiger partial charge in [-0.1, -0.05) is 141 Å². The molecule has 6 amide bonds. The molecule has 3 aliphatic rings. The Morgan fingerprint density at radius 2 is 1.33 bits per heavy atom. The molecule has 16 heteroatoms. The van der Waals surface area contributed by atoms with E-state index in [1.54, 1.807) is 26.0 Å². The maximum absolute atomic E-state index is 14.7. The Hall–Kier alpha value is -5.68. The summed E-state index contributed by atoms with van der Waals surface area (Å²) in [6, 6.07) is 22.1. The molecule has 2 saturated heterocycles. The molecule has 0 aromatic heterocycles. The second kappa shape index (κ2) is 26.9. The van der Waals surface area contributed by atoms with E-state index in [9.17, 15) is 28.8 Å². The van der Waals surface area contributed by atoms with Crippen LogP contribution in [0.5, 0.6) is 0 Å². The number of rotatable bonds is 23. The first-order valence-electron chi connectivity index (χ1n) is 27.2. The van der Waals surface area contributed by atoms with Crippen molar-refractivity contribution < 1.29 is 47.8 Å². The van der Waals surface area contributed by atoms with E-state index < -0.39 is 66.2 Å². The fourth-order valence-electron chi connectivity index (χ4n) is 11.9. The van der Waals surface area contributed by atoms with Crippen molar-refractivity contribution in [1.29, 1.82) is 0 Å². The van der Waals surface area contributed by atoms with Crippen molar-refractivity contribution in [3.8, 4) is 11.1 Å². The third-order valence-corrected chi connectivity index (χ3v) is 16.1. The summed E-state index contributed by atoms with van der Waals surface area (Å²) in [6.07, 6.45) is 1.62. The van der Waals surface area contributed by atoms with E-state index in [1.165, 1.54) is 17.0 Å². The van der Waals surface area contributed by atoms with Crippen molar-refractivity contribution in [2.24, 2.45) is 23.7 Å². The minimum atomic E-state index is -1.02. The Labute approximate surface area is 445 Å². The maximum Gasteiger partial charge on any atom is 0.410 e. The predicted octanol–water partition coefficient (Wildman–Crippen LogP) is 7.80. The number of likely N-dealkylation sites (N-methyl/N-ethyl adjacent to an activating group) is 2. The van der Waals surface area contributed by atoms with Gasteiger partial charge in [-0.2, -0.15) is 0 Å². The minimum absolute atomic E-state index is 0.0178. The first-order valence-corrected chi connectivity index (χ1v) is 27.2. The second-order valence-electron chi connectivity index (χ2n) is 21.6. The van der Waals surface area contributed by atoms with Crippen LogP contribution in [-0.2, 0) is 43.0 Å². The van der Waals surface area contributed by atoms with E-state index in [-0.39, 0.29) is 60.3 Å². The van der Waals surface area contributed by atoms with E-state index in [4.69, 9.17) is 19.0 Å². The standard InChI is InChI=1S/C59H84N6O10/c1-13-38(6)53(62(9)51(36(2)3)56(68)61-57(69)52(37(4)5)63(10)59(71)74-35-46-44-28-19-17-26-42(44)43-27-18-20-29-45(43)46)48(72-11)34-49(66)64-31-23-30-47(64)54(73-12)40(8)55(67)60-50(39(7)41-24-15-14-16-25-41)58(70)65-32-21-22-33-75-65/h14-20,24-29,36-40,46-48,50-54H,13,21-23,30-35H2,1-12H3,(H,60,67)(H,61,68,69)/t38-,39-,40+,47-,48+,50-,51-,52-,53-,54+/m0/s1. The molecule has 6 rings (SSSR count). The lowest BCUT2D eigenvalue weighted by atomic mass is 9.87. The van der Waals surface area contributed by atoms with E-state index >= 15 is 0 Å². The van der Waals surface area contributed by atoms with Crippen LogP contribution in [0.25, 0.3) is 11.1 Å². The molecule has 0 unspecified atom stereocenters. The summed E-state index contributed by atoms with van der Waals surface area (Å²) in [5.41, 5.74) is 5.25. The number of imide groups is 1. The Balaban J connectivity index is 1.12. The molecule has 2 fully saturated rings. The number of benzene rings is 3. The van der Waals surface area contributed by atoms with E-state index in [0.717, 1.165) is 40.7 Å². The number of carbonyl (C=O) groups is 6. The summed E-state index contributed by atoms with van der Waals surface area (Å²) in [4.78, 5) is 96.2. The van der Waals surface area contributed by atoms with E-state index in [1.807, 2.05) is 120 Å². The average molecular weight is 1040 g/mol. The summed E-state index contributed by atoms with van der Waals surface area (Å²) in [5.74, 6) is -3.99. The Morgan fingerprint density at radius 1 is 0.733 bits per heavy atom. The molecule has 1 aliphatic carbocycles. The van der Waals surface area contributed by atoms with Gasteiger partial charge >= 0.3 is 6.09 Å². The maximum atomic E-state index is 14.7. The highest BCUT2D eigenvalue weighted by molar-refractivity contribution is 6.01. The normalized spacial score (nSPS) is 19.3. The molecule has 2 aliphatic heterocycles. The fraction of sp³-hybridized carbons (Fsp3) is 0.593. The number of nitrogens with one attached hydrogen (secondary N) is 2. The minimum Gasteiger partial charge on any atom is -0.448 e. The molecule has 2 N–H and O–H groups in total. The van der Waals surface area contributed by atoms with Crippen molar-refractivity contribution in [2.45, 2.75) is 148 Å². The van der Waals surface area contributed by atoms with Gasteiger partial charge in [0.05, 0.1) is 43.2 Å². The van der Waals surface area contributed by atoms with Crippen LogP contribution in [0.15, 0.2) is 78.9 Å². The smallest absolute Gasteiger partial charge is 0.410 e. The Bertz CT molecular complexity index is 2370. The molecule has 0 radical (unpaired) electrons. The Morgan fingerprint density at radius 3 is 1.89 bits per heavy atom. The molecule has 3 aromatic rings. The van der Waals surface area contributed by atoms with Gasteiger partial charge in [0.1, 0.15) is 18.7 Å². The number of carbonyl (C=O) groups excluding carboxylic acids is 6. The van der Waals surface area contributed by atoms with Gasteiger partial charge in [-0.25, -0.2) is 9.86 Å². The lowest BCUT2D eigenvalue weighted by Gasteiger charge is -2.43. The summed E-state index contributed by atoms with van der Waals surface area (Å²) in [5, 5.41) is 7.11. The monoisotopic (exact) mass is 1040 g/mol. The van der Waals surface area contributed by atoms with Gasteiger partial charge in [0.25, 0.3) is 5.91 Å². The number of hydroxylamine groups is 2. The largest absolute Gasteiger partial charge is 0.448 e. The molecule has 0 spiro atoms. The van der Waals surface area contributed by atoms with Crippen molar-refractivity contribution in [2.75, 3.05) is 54.6 Å². The topological polar surface area (TPSA) is 176 Å². The molecule has 2 heterocycles. The van der Waals surface area contributed by atoms with E-state index in [2.05, 4.69) is 29.7 Å². The van der Waals surface area contributed by atoms with E-state index in [0.29, 0.717) is 39.0 Å². The van der Waals surface area contributed by atoms with Gasteiger partial charge in [0, 0.05) is 52.2 Å². The molecule has 10 atom stereocenters. The van der Waals surface area contributed by atoms with Crippen LogP contribution in [-0.4, -0.2) is 152 Å². The Kier molecular flexibility index (Phi) is 21.0. The van der Waals surface area contributed by atoms with Crippen LogP contribution in [0.4, 0.5) is 4.79 Å². The average Bonchev–Trinajstić information content (AvgIpc) is 4.02. The van der Waals surface area contributed by atoms with Crippen molar-refractivity contribution >= 4 is 35.6 Å². The van der Waals surface area contributed by atoms with Crippen LogP contribution >= 0.6 is 0 Å². The van der Waals surface area contributed by atoms with Gasteiger partial charge in [-0.15, -0.1) is 0 Å². The van der Waals surface area contributed by atoms with Crippen LogP contribution in [0.1, 0.15) is 122 Å². The van der Waals surface area contributed by atoms with Crippen molar-refractivity contribution in [3.05, 3.63) is 95.6 Å². The lowest BCUT2D eigenvalue weighted by molar-refractivity contribution is -0.200. The number of fused-ring (bicyclic) bond motifs is 3. The number of likely N-dealkylation sites (tertiary alicyclic amines) is 1.